The molecule has 11 heavy (non-hydrogen) atoms. The van der Waals surface area contributed by atoms with Crippen LogP contribution >= 0.6 is 11.6 Å². The molecule has 0 amide bonds. The number of hydrogen-bond donors (Lipinski definition) is 1. The van der Waals surface area contributed by atoms with Crippen molar-refractivity contribution in [3.63, 3.8) is 0 Å². The lowest BCUT2D eigenvalue weighted by molar-refractivity contribution is 1.01. The van der Waals surface area contributed by atoms with E-state index in [-0.39, 0.29) is 0 Å². The third kappa shape index (κ3) is 0.886. The Bertz CT molecular complexity index is 393. The smallest absolute Gasteiger partial charge is 0.161 e. The number of aromatic nitrogens is 3. The average molecular weight is 168 g/mol. The topological polar surface area (TPSA) is 41.6 Å². The predicted molar refractivity (Wildman–Crippen MR) is 43.6 cm³/mol. The van der Waals surface area contributed by atoms with Crippen LogP contribution < -0.4 is 0 Å². The van der Waals surface area contributed by atoms with E-state index in [2.05, 4.69) is 15.2 Å². The molecule has 0 fully saturated rings. The summed E-state index contributed by atoms with van der Waals surface area (Å²) in [6.45, 7) is 1.84. The molecule has 0 unspecified atom stereocenters. The van der Waals surface area contributed by atoms with Crippen molar-refractivity contribution in [2.75, 3.05) is 0 Å². The van der Waals surface area contributed by atoms with E-state index in [0.717, 1.165) is 16.7 Å². The molecule has 1 N–H and O–H groups in total. The highest BCUT2D eigenvalue weighted by molar-refractivity contribution is 6.35. The van der Waals surface area contributed by atoms with Gasteiger partial charge in [0.05, 0.1) is 10.7 Å². The molecule has 0 saturated heterocycles. The molecule has 0 saturated carbocycles. The fraction of sp³-hybridized carbons (Fsp3) is 0.143. The Labute approximate surface area is 68.4 Å². The molecule has 2 aromatic rings. The third-order valence-corrected chi connectivity index (χ3v) is 2.06. The molecule has 2 heterocycles. The first-order valence-electron chi connectivity index (χ1n) is 3.25. The summed E-state index contributed by atoms with van der Waals surface area (Å²) >= 11 is 5.94. The summed E-state index contributed by atoms with van der Waals surface area (Å²) in [7, 11) is 0. The van der Waals surface area contributed by atoms with Gasteiger partial charge in [-0.2, -0.15) is 5.10 Å². The zero-order valence-corrected chi connectivity index (χ0v) is 6.68. The van der Waals surface area contributed by atoms with Crippen molar-refractivity contribution in [3.05, 3.63) is 23.0 Å². The molecule has 0 aromatic carbocycles. The van der Waals surface area contributed by atoms with E-state index in [1.165, 1.54) is 0 Å². The van der Waals surface area contributed by atoms with Crippen LogP contribution in [-0.4, -0.2) is 15.2 Å². The van der Waals surface area contributed by atoms with Gasteiger partial charge in [-0.25, -0.2) is 0 Å². The number of aromatic amines is 1. The summed E-state index contributed by atoms with van der Waals surface area (Å²) in [6, 6.07) is 1.89. The van der Waals surface area contributed by atoms with E-state index in [9.17, 15) is 0 Å². The molecule has 0 atom stereocenters. The molecule has 0 aliphatic heterocycles. The number of hydrogen-bond acceptors (Lipinski definition) is 2. The first-order chi connectivity index (χ1) is 5.29. The molecule has 0 bridgehead atoms. The Hall–Kier alpha value is -1.09. The van der Waals surface area contributed by atoms with Gasteiger partial charge in [-0.05, 0) is 13.0 Å². The number of H-pyrrole nitrogens is 1. The number of fused-ring (bicyclic) bond motifs is 1. The Morgan fingerprint density at radius 2 is 2.27 bits per heavy atom. The molecule has 0 spiro atoms. The summed E-state index contributed by atoms with van der Waals surface area (Å²) in [4.78, 5) is 2.93. The van der Waals surface area contributed by atoms with Crippen LogP contribution in [0, 0.1) is 6.92 Å². The monoisotopic (exact) mass is 167 g/mol. The van der Waals surface area contributed by atoms with Crippen molar-refractivity contribution in [2.24, 2.45) is 0 Å². The third-order valence-electron chi connectivity index (χ3n) is 1.58. The molecule has 0 aliphatic carbocycles. The number of nitrogens with zero attached hydrogens (tertiary/aromatic N) is 2. The molecule has 2 aromatic heterocycles. The molecule has 0 aliphatic rings. The van der Waals surface area contributed by atoms with Gasteiger partial charge < -0.3 is 4.98 Å². The van der Waals surface area contributed by atoms with Gasteiger partial charge in [0, 0.05) is 11.6 Å². The second-order valence-corrected chi connectivity index (χ2v) is 2.72. The largest absolute Gasteiger partial charge is 0.345 e. The highest BCUT2D eigenvalue weighted by atomic mass is 35.5. The predicted octanol–water partition coefficient (Wildman–Crippen LogP) is 1.92. The van der Waals surface area contributed by atoms with Crippen LogP contribution in [-0.2, 0) is 0 Å². The van der Waals surface area contributed by atoms with Crippen molar-refractivity contribution >= 4 is 22.6 Å². The lowest BCUT2D eigenvalue weighted by atomic mass is 10.3. The summed E-state index contributed by atoms with van der Waals surface area (Å²) in [5.74, 6) is 0. The summed E-state index contributed by atoms with van der Waals surface area (Å²) < 4.78 is 0. The fourth-order valence-electron chi connectivity index (χ4n) is 0.984. The average Bonchev–Trinajstić information content (AvgIpc) is 2.45. The zero-order valence-electron chi connectivity index (χ0n) is 5.93. The first-order valence-corrected chi connectivity index (χ1v) is 3.62. The number of nitrogens with one attached hydrogen (secondary N) is 1. The van der Waals surface area contributed by atoms with Crippen LogP contribution in [0.2, 0.25) is 5.02 Å². The minimum atomic E-state index is 0.677. The van der Waals surface area contributed by atoms with E-state index >= 15 is 0 Å². The van der Waals surface area contributed by atoms with E-state index in [0.29, 0.717) is 5.02 Å². The van der Waals surface area contributed by atoms with Crippen LogP contribution in [0.3, 0.4) is 0 Å². The van der Waals surface area contributed by atoms with Crippen molar-refractivity contribution in [1.82, 2.24) is 15.2 Å². The molecular formula is C7H6ClN3. The summed E-state index contributed by atoms with van der Waals surface area (Å²) in [6.07, 6.45) is 1.80. The Kier molecular flexibility index (Phi) is 1.32. The van der Waals surface area contributed by atoms with E-state index in [4.69, 9.17) is 11.6 Å². The maximum Gasteiger partial charge on any atom is 0.161 e. The van der Waals surface area contributed by atoms with E-state index in [1.54, 1.807) is 6.20 Å². The maximum atomic E-state index is 5.94. The summed E-state index contributed by atoms with van der Waals surface area (Å²) in [5, 5.41) is 9.38. The van der Waals surface area contributed by atoms with Crippen molar-refractivity contribution in [3.8, 4) is 0 Å². The van der Waals surface area contributed by atoms with Crippen LogP contribution in [0.5, 0.6) is 0 Å². The molecular weight excluding hydrogens is 162 g/mol. The molecule has 3 nitrogen and oxygen atoms in total. The highest BCUT2D eigenvalue weighted by Crippen LogP contribution is 2.21. The Morgan fingerprint density at radius 3 is 3.09 bits per heavy atom. The minimum Gasteiger partial charge on any atom is -0.345 e. The summed E-state index contributed by atoms with van der Waals surface area (Å²) in [5.41, 5.74) is 1.50. The standard InChI is InChI=1S/C7H6ClN3/c1-4-6(8)5-2-3-9-7(5)11-10-4/h2-3H,1H3,(H,9,11). The number of aryl methyl sites for hydroxylation is 1. The fourth-order valence-corrected chi connectivity index (χ4v) is 1.17. The zero-order chi connectivity index (χ0) is 7.84. The normalized spacial score (nSPS) is 10.7. The van der Waals surface area contributed by atoms with Crippen LogP contribution in [0.1, 0.15) is 5.69 Å². The van der Waals surface area contributed by atoms with Gasteiger partial charge >= 0.3 is 0 Å². The second-order valence-electron chi connectivity index (χ2n) is 2.34. The lowest BCUT2D eigenvalue weighted by Gasteiger charge is -1.94. The van der Waals surface area contributed by atoms with Gasteiger partial charge in [0.15, 0.2) is 5.65 Å². The molecule has 0 radical (unpaired) electrons. The van der Waals surface area contributed by atoms with Gasteiger partial charge in [0.2, 0.25) is 0 Å². The van der Waals surface area contributed by atoms with Crippen LogP contribution in [0.4, 0.5) is 0 Å². The Morgan fingerprint density at radius 1 is 1.45 bits per heavy atom. The van der Waals surface area contributed by atoms with E-state index in [1.807, 2.05) is 13.0 Å². The van der Waals surface area contributed by atoms with Gasteiger partial charge in [0.25, 0.3) is 0 Å². The van der Waals surface area contributed by atoms with Crippen molar-refractivity contribution in [2.45, 2.75) is 6.92 Å². The minimum absolute atomic E-state index is 0.677. The Balaban J connectivity index is 2.93. The molecule has 56 valence electrons. The first kappa shape index (κ1) is 6.61. The van der Waals surface area contributed by atoms with Gasteiger partial charge in [0.1, 0.15) is 0 Å². The maximum absolute atomic E-state index is 5.94. The van der Waals surface area contributed by atoms with E-state index < -0.39 is 0 Å². The molecule has 4 heteroatoms. The van der Waals surface area contributed by atoms with Gasteiger partial charge in [-0.15, -0.1) is 5.10 Å². The van der Waals surface area contributed by atoms with Gasteiger partial charge in [-0.3, -0.25) is 0 Å². The van der Waals surface area contributed by atoms with Crippen LogP contribution in [0.25, 0.3) is 11.0 Å². The van der Waals surface area contributed by atoms with Crippen molar-refractivity contribution < 1.29 is 0 Å². The SMILES string of the molecule is Cc1nnc2[nH]ccc2c1Cl. The second kappa shape index (κ2) is 2.20. The van der Waals surface area contributed by atoms with Crippen LogP contribution in [0.15, 0.2) is 12.3 Å². The highest BCUT2D eigenvalue weighted by Gasteiger charge is 2.03. The number of halogens is 1. The quantitative estimate of drug-likeness (QED) is 0.652. The number of rotatable bonds is 0. The van der Waals surface area contributed by atoms with Gasteiger partial charge in [-0.1, -0.05) is 11.6 Å². The molecule has 2 rings (SSSR count). The van der Waals surface area contributed by atoms with Crippen molar-refractivity contribution in [1.29, 1.82) is 0 Å². The lowest BCUT2D eigenvalue weighted by Crippen LogP contribution is -1.87.